The van der Waals surface area contributed by atoms with Gasteiger partial charge in [0.05, 0.1) is 5.41 Å². The number of carbonyl (C=O) groups excluding carboxylic acids is 1. The zero-order valence-electron chi connectivity index (χ0n) is 17.2. The Morgan fingerprint density at radius 1 is 1.03 bits per heavy atom. The summed E-state index contributed by atoms with van der Waals surface area (Å²) in [6.45, 7) is 4.95. The molecule has 6 heteroatoms. The van der Waals surface area contributed by atoms with Crippen LogP contribution in [0.5, 0.6) is 5.75 Å². The molecule has 1 amide bonds. The zero-order valence-corrected chi connectivity index (χ0v) is 17.2. The van der Waals surface area contributed by atoms with Crippen LogP contribution >= 0.6 is 0 Å². The van der Waals surface area contributed by atoms with Crippen molar-refractivity contribution in [3.63, 3.8) is 0 Å². The van der Waals surface area contributed by atoms with Crippen molar-refractivity contribution in [3.8, 4) is 5.75 Å². The summed E-state index contributed by atoms with van der Waals surface area (Å²) in [6.07, 6.45) is 3.70. The highest BCUT2D eigenvalue weighted by atomic mass is 19.1. The van der Waals surface area contributed by atoms with Gasteiger partial charge in [0.1, 0.15) is 18.2 Å². The van der Waals surface area contributed by atoms with Crippen LogP contribution in [0.25, 0.3) is 0 Å². The molecule has 5 nitrogen and oxygen atoms in total. The second-order valence-corrected chi connectivity index (χ2v) is 8.08. The summed E-state index contributed by atoms with van der Waals surface area (Å²) >= 11 is 0. The minimum atomic E-state index is -0.711. The highest BCUT2D eigenvalue weighted by molar-refractivity contribution is 5.99. The van der Waals surface area contributed by atoms with Crippen LogP contribution in [0.1, 0.15) is 31.2 Å². The van der Waals surface area contributed by atoms with E-state index in [1.165, 1.54) is 25.0 Å². The molecule has 2 heterocycles. The van der Waals surface area contributed by atoms with E-state index in [0.29, 0.717) is 32.7 Å². The lowest BCUT2D eigenvalue weighted by atomic mass is 9.73. The van der Waals surface area contributed by atoms with Gasteiger partial charge in [0, 0.05) is 25.4 Å². The van der Waals surface area contributed by atoms with Gasteiger partial charge in [0.25, 0.3) is 0 Å². The molecule has 2 aromatic rings. The van der Waals surface area contributed by atoms with Crippen LogP contribution in [0.4, 0.5) is 10.1 Å². The van der Waals surface area contributed by atoms with Gasteiger partial charge in [-0.1, -0.05) is 12.1 Å². The largest absolute Gasteiger partial charge is 0.492 e. The first-order chi connectivity index (χ1) is 14.7. The van der Waals surface area contributed by atoms with Gasteiger partial charge >= 0.3 is 0 Å². The lowest BCUT2D eigenvalue weighted by Gasteiger charge is -2.36. The summed E-state index contributed by atoms with van der Waals surface area (Å²) in [5.41, 5.74) is 0.836. The number of halogens is 1. The standard InChI is InChI=1S/C24H29FN2O3/c25-20-5-3-19(4-6-20)24(11-16-29-17-12-24)23(28)26-21-7-9-22(10-8-21)30-18-15-27-13-1-2-14-27/h3-10H,1-2,11-18H2,(H,26,28). The molecule has 0 saturated carbocycles. The third-order valence-corrected chi connectivity index (χ3v) is 6.16. The molecule has 2 aromatic carbocycles. The quantitative estimate of drug-likeness (QED) is 0.747. The number of hydrogen-bond acceptors (Lipinski definition) is 4. The number of anilines is 1. The molecule has 2 fully saturated rings. The predicted octanol–water partition coefficient (Wildman–Crippen LogP) is 3.99. The van der Waals surface area contributed by atoms with E-state index in [2.05, 4.69) is 10.2 Å². The topological polar surface area (TPSA) is 50.8 Å². The molecule has 1 N–H and O–H groups in total. The van der Waals surface area contributed by atoms with Crippen LogP contribution < -0.4 is 10.1 Å². The molecular weight excluding hydrogens is 383 g/mol. The van der Waals surface area contributed by atoms with Crippen molar-refractivity contribution in [2.24, 2.45) is 0 Å². The Kier molecular flexibility index (Phi) is 6.65. The molecule has 0 unspecified atom stereocenters. The van der Waals surface area contributed by atoms with Gasteiger partial charge < -0.3 is 14.8 Å². The third-order valence-electron chi connectivity index (χ3n) is 6.16. The maximum Gasteiger partial charge on any atom is 0.235 e. The third kappa shape index (κ3) is 4.82. The number of nitrogens with zero attached hydrogens (tertiary/aromatic N) is 1. The minimum absolute atomic E-state index is 0.0832. The van der Waals surface area contributed by atoms with Crippen molar-refractivity contribution in [1.82, 2.24) is 4.90 Å². The number of likely N-dealkylation sites (tertiary alicyclic amines) is 1. The molecule has 30 heavy (non-hydrogen) atoms. The van der Waals surface area contributed by atoms with Gasteiger partial charge in [-0.2, -0.15) is 0 Å². The van der Waals surface area contributed by atoms with Crippen molar-refractivity contribution in [2.45, 2.75) is 31.1 Å². The minimum Gasteiger partial charge on any atom is -0.492 e. The fourth-order valence-electron chi connectivity index (χ4n) is 4.32. The van der Waals surface area contributed by atoms with Gasteiger partial charge in [-0.3, -0.25) is 9.69 Å². The number of benzene rings is 2. The molecule has 2 aliphatic rings. The average molecular weight is 413 g/mol. The SMILES string of the molecule is O=C(Nc1ccc(OCCN2CCCC2)cc1)C1(c2ccc(F)cc2)CCOCC1. The number of amides is 1. The fraction of sp³-hybridized carbons (Fsp3) is 0.458. The molecule has 2 aliphatic heterocycles. The van der Waals surface area contributed by atoms with E-state index in [0.717, 1.165) is 36.6 Å². The van der Waals surface area contributed by atoms with Gasteiger partial charge in [-0.05, 0) is 80.7 Å². The van der Waals surface area contributed by atoms with Crippen molar-refractivity contribution >= 4 is 11.6 Å². The molecule has 2 saturated heterocycles. The molecule has 0 radical (unpaired) electrons. The van der Waals surface area contributed by atoms with Crippen molar-refractivity contribution in [1.29, 1.82) is 0 Å². The Labute approximate surface area is 177 Å². The van der Waals surface area contributed by atoms with Gasteiger partial charge in [-0.25, -0.2) is 4.39 Å². The second kappa shape index (κ2) is 9.58. The van der Waals surface area contributed by atoms with Gasteiger partial charge in [0.2, 0.25) is 5.91 Å². The van der Waals surface area contributed by atoms with Crippen LogP contribution in [0.15, 0.2) is 48.5 Å². The Morgan fingerprint density at radius 3 is 2.37 bits per heavy atom. The summed E-state index contributed by atoms with van der Waals surface area (Å²) in [5, 5.41) is 3.04. The van der Waals surface area contributed by atoms with Crippen LogP contribution in [0.3, 0.4) is 0 Å². The highest BCUT2D eigenvalue weighted by Gasteiger charge is 2.41. The molecule has 160 valence electrons. The molecular formula is C24H29FN2O3. The van der Waals surface area contributed by atoms with Crippen LogP contribution in [0.2, 0.25) is 0 Å². The van der Waals surface area contributed by atoms with E-state index in [1.54, 1.807) is 12.1 Å². The van der Waals surface area contributed by atoms with Crippen molar-refractivity contribution in [2.75, 3.05) is 44.8 Å². The molecule has 0 aliphatic carbocycles. The first-order valence-corrected chi connectivity index (χ1v) is 10.8. The molecule has 0 atom stereocenters. The zero-order chi connectivity index (χ0) is 20.8. The summed E-state index contributed by atoms with van der Waals surface area (Å²) in [5.74, 6) is 0.410. The summed E-state index contributed by atoms with van der Waals surface area (Å²) in [7, 11) is 0. The maximum absolute atomic E-state index is 13.4. The number of ether oxygens (including phenoxy) is 2. The van der Waals surface area contributed by atoms with Crippen LogP contribution in [-0.2, 0) is 14.9 Å². The molecule has 0 bridgehead atoms. The summed E-state index contributed by atoms with van der Waals surface area (Å²) in [4.78, 5) is 15.7. The van der Waals surface area contributed by atoms with E-state index in [4.69, 9.17) is 9.47 Å². The van der Waals surface area contributed by atoms with E-state index in [9.17, 15) is 9.18 Å². The Hall–Kier alpha value is -2.44. The summed E-state index contributed by atoms with van der Waals surface area (Å²) in [6, 6.07) is 13.7. The number of hydrogen-bond donors (Lipinski definition) is 1. The predicted molar refractivity (Wildman–Crippen MR) is 114 cm³/mol. The monoisotopic (exact) mass is 412 g/mol. The van der Waals surface area contributed by atoms with Crippen LogP contribution in [0, 0.1) is 5.82 Å². The normalized spacial score (nSPS) is 18.8. The van der Waals surface area contributed by atoms with E-state index in [-0.39, 0.29) is 11.7 Å². The number of carbonyl (C=O) groups is 1. The Morgan fingerprint density at radius 2 is 1.70 bits per heavy atom. The van der Waals surface area contributed by atoms with Crippen molar-refractivity contribution < 1.29 is 18.7 Å². The molecule has 0 aromatic heterocycles. The second-order valence-electron chi connectivity index (χ2n) is 8.08. The first kappa shape index (κ1) is 20.8. The molecule has 0 spiro atoms. The van der Waals surface area contributed by atoms with Gasteiger partial charge in [-0.15, -0.1) is 0 Å². The average Bonchev–Trinajstić information content (AvgIpc) is 3.29. The molecule has 4 rings (SSSR count). The van der Waals surface area contributed by atoms with E-state index >= 15 is 0 Å². The smallest absolute Gasteiger partial charge is 0.235 e. The highest BCUT2D eigenvalue weighted by Crippen LogP contribution is 2.36. The number of rotatable bonds is 7. The Bertz CT molecular complexity index is 827. The van der Waals surface area contributed by atoms with E-state index < -0.39 is 5.41 Å². The maximum atomic E-state index is 13.4. The summed E-state index contributed by atoms with van der Waals surface area (Å²) < 4.78 is 24.7. The number of nitrogens with one attached hydrogen (secondary N) is 1. The van der Waals surface area contributed by atoms with Gasteiger partial charge in [0.15, 0.2) is 0 Å². The lowest BCUT2D eigenvalue weighted by Crippen LogP contribution is -2.44. The first-order valence-electron chi connectivity index (χ1n) is 10.8. The fourth-order valence-corrected chi connectivity index (χ4v) is 4.32. The van der Waals surface area contributed by atoms with Crippen molar-refractivity contribution in [3.05, 3.63) is 59.9 Å². The van der Waals surface area contributed by atoms with Crippen LogP contribution in [-0.4, -0.2) is 50.3 Å². The Balaban J connectivity index is 1.39. The van der Waals surface area contributed by atoms with E-state index in [1.807, 2.05) is 24.3 Å². The lowest BCUT2D eigenvalue weighted by molar-refractivity contribution is -0.125.